The van der Waals surface area contributed by atoms with Crippen LogP contribution in [-0.4, -0.2) is 17.6 Å². The maximum Gasteiger partial charge on any atom is 0.227 e. The highest BCUT2D eigenvalue weighted by Crippen LogP contribution is 2.27. The van der Waals surface area contributed by atoms with Crippen LogP contribution in [0.5, 0.6) is 0 Å². The second kappa shape index (κ2) is 9.31. The highest BCUT2D eigenvalue weighted by molar-refractivity contribution is 7.80. The zero-order valence-corrected chi connectivity index (χ0v) is 18.7. The molecular formula is C26H27N3OS. The van der Waals surface area contributed by atoms with Gasteiger partial charge in [-0.05, 0) is 73.4 Å². The van der Waals surface area contributed by atoms with E-state index in [1.54, 1.807) is 0 Å². The van der Waals surface area contributed by atoms with Gasteiger partial charge in [0.15, 0.2) is 5.11 Å². The van der Waals surface area contributed by atoms with E-state index >= 15 is 0 Å². The largest absolute Gasteiger partial charge is 0.352 e. The van der Waals surface area contributed by atoms with Crippen LogP contribution in [0.1, 0.15) is 41.1 Å². The molecule has 1 unspecified atom stereocenters. The molecule has 5 heteroatoms. The number of hydrogen-bond donors (Lipinski definition) is 2. The molecule has 1 atom stereocenters. The Morgan fingerprint density at radius 1 is 1.00 bits per heavy atom. The van der Waals surface area contributed by atoms with Gasteiger partial charge in [0, 0.05) is 24.3 Å². The van der Waals surface area contributed by atoms with Gasteiger partial charge in [-0.1, -0.05) is 54.1 Å². The van der Waals surface area contributed by atoms with Crippen LogP contribution in [0.4, 0.5) is 11.4 Å². The minimum atomic E-state index is -0.0525. The molecule has 3 aromatic carbocycles. The van der Waals surface area contributed by atoms with Crippen LogP contribution >= 0.6 is 12.2 Å². The standard InChI is InChI=1S/C26H27N3OS/c1-18-10-15-23(19(2)17-18)25(20-7-4-3-5-8-20)28-26(31)27-21-11-13-22(14-12-21)29-16-6-9-24(29)30/h3-5,7-8,10-15,17,25H,6,9,16H2,1-2H3,(H2,27,28,31). The molecule has 0 aliphatic carbocycles. The zero-order valence-electron chi connectivity index (χ0n) is 17.9. The number of hydrogen-bond acceptors (Lipinski definition) is 2. The summed E-state index contributed by atoms with van der Waals surface area (Å²) in [6.07, 6.45) is 1.56. The van der Waals surface area contributed by atoms with Gasteiger partial charge in [-0.2, -0.15) is 0 Å². The van der Waals surface area contributed by atoms with E-state index in [9.17, 15) is 4.79 Å². The molecule has 4 nitrogen and oxygen atoms in total. The van der Waals surface area contributed by atoms with Gasteiger partial charge >= 0.3 is 0 Å². The molecule has 3 aromatic rings. The fraction of sp³-hybridized carbons (Fsp3) is 0.231. The van der Waals surface area contributed by atoms with Crippen LogP contribution in [0.25, 0.3) is 0 Å². The van der Waals surface area contributed by atoms with Crippen molar-refractivity contribution in [3.8, 4) is 0 Å². The molecule has 0 saturated carbocycles. The fourth-order valence-electron chi connectivity index (χ4n) is 4.08. The summed E-state index contributed by atoms with van der Waals surface area (Å²) in [7, 11) is 0. The van der Waals surface area contributed by atoms with Crippen molar-refractivity contribution in [2.45, 2.75) is 32.7 Å². The zero-order chi connectivity index (χ0) is 21.8. The van der Waals surface area contributed by atoms with Gasteiger partial charge in [-0.3, -0.25) is 4.79 Å². The van der Waals surface area contributed by atoms with Crippen LogP contribution in [-0.2, 0) is 4.79 Å². The number of aryl methyl sites for hydroxylation is 2. The monoisotopic (exact) mass is 429 g/mol. The van der Waals surface area contributed by atoms with Gasteiger partial charge in [-0.15, -0.1) is 0 Å². The van der Waals surface area contributed by atoms with E-state index in [0.29, 0.717) is 11.5 Å². The SMILES string of the molecule is Cc1ccc(C(NC(=S)Nc2ccc(N3CCCC3=O)cc2)c2ccccc2)c(C)c1. The average molecular weight is 430 g/mol. The number of carbonyl (C=O) groups excluding carboxylic acids is 1. The predicted octanol–water partition coefficient (Wildman–Crippen LogP) is 5.51. The molecule has 1 saturated heterocycles. The fourth-order valence-corrected chi connectivity index (χ4v) is 4.32. The first-order chi connectivity index (χ1) is 15.0. The number of benzene rings is 3. The lowest BCUT2D eigenvalue weighted by Gasteiger charge is -2.24. The van der Waals surface area contributed by atoms with E-state index < -0.39 is 0 Å². The summed E-state index contributed by atoms with van der Waals surface area (Å²) in [6, 6.07) is 24.6. The second-order valence-corrected chi connectivity index (χ2v) is 8.41. The summed E-state index contributed by atoms with van der Waals surface area (Å²) in [5.41, 5.74) is 6.64. The molecule has 2 N–H and O–H groups in total. The van der Waals surface area contributed by atoms with E-state index in [0.717, 1.165) is 29.9 Å². The molecule has 0 radical (unpaired) electrons. The Kier molecular flexibility index (Phi) is 6.33. The molecule has 1 fully saturated rings. The molecular weight excluding hydrogens is 402 g/mol. The van der Waals surface area contributed by atoms with Crippen molar-refractivity contribution in [2.75, 3.05) is 16.8 Å². The van der Waals surface area contributed by atoms with Gasteiger partial charge < -0.3 is 15.5 Å². The molecule has 0 aromatic heterocycles. The minimum Gasteiger partial charge on any atom is -0.352 e. The van der Waals surface area contributed by atoms with Crippen molar-refractivity contribution in [1.82, 2.24) is 5.32 Å². The quantitative estimate of drug-likeness (QED) is 0.525. The maximum atomic E-state index is 12.0. The Labute approximate surface area is 189 Å². The van der Waals surface area contributed by atoms with Crippen LogP contribution in [0, 0.1) is 13.8 Å². The molecule has 1 heterocycles. The van der Waals surface area contributed by atoms with Gasteiger partial charge in [0.2, 0.25) is 5.91 Å². The second-order valence-electron chi connectivity index (χ2n) is 8.00. The summed E-state index contributed by atoms with van der Waals surface area (Å²) >= 11 is 5.65. The van der Waals surface area contributed by atoms with Crippen LogP contribution in [0.15, 0.2) is 72.8 Å². The Morgan fingerprint density at radius 3 is 2.39 bits per heavy atom. The molecule has 0 spiro atoms. The number of anilines is 2. The molecule has 158 valence electrons. The topological polar surface area (TPSA) is 44.4 Å². The summed E-state index contributed by atoms with van der Waals surface area (Å²) < 4.78 is 0. The van der Waals surface area contributed by atoms with E-state index in [2.05, 4.69) is 54.8 Å². The Bertz CT molecular complexity index is 1080. The molecule has 1 aliphatic rings. The smallest absolute Gasteiger partial charge is 0.227 e. The van der Waals surface area contributed by atoms with E-state index in [4.69, 9.17) is 12.2 Å². The Morgan fingerprint density at radius 2 is 1.74 bits per heavy atom. The van der Waals surface area contributed by atoms with E-state index in [-0.39, 0.29) is 11.9 Å². The number of rotatable bonds is 5. The van der Waals surface area contributed by atoms with Crippen molar-refractivity contribution < 1.29 is 4.79 Å². The first-order valence-electron chi connectivity index (χ1n) is 10.6. The summed E-state index contributed by atoms with van der Waals surface area (Å²) in [6.45, 7) is 5.03. The third-order valence-electron chi connectivity index (χ3n) is 5.65. The lowest BCUT2D eigenvalue weighted by atomic mass is 9.94. The predicted molar refractivity (Wildman–Crippen MR) is 132 cm³/mol. The number of carbonyl (C=O) groups is 1. The third-order valence-corrected chi connectivity index (χ3v) is 5.87. The van der Waals surface area contributed by atoms with Gasteiger partial charge in [0.25, 0.3) is 0 Å². The van der Waals surface area contributed by atoms with Gasteiger partial charge in [0.05, 0.1) is 6.04 Å². The summed E-state index contributed by atoms with van der Waals surface area (Å²) in [4.78, 5) is 13.8. The van der Waals surface area contributed by atoms with Crippen molar-refractivity contribution >= 4 is 34.6 Å². The minimum absolute atomic E-state index is 0.0525. The maximum absolute atomic E-state index is 12.0. The molecule has 4 rings (SSSR count). The van der Waals surface area contributed by atoms with Crippen LogP contribution in [0.3, 0.4) is 0 Å². The van der Waals surface area contributed by atoms with E-state index in [1.165, 1.54) is 16.7 Å². The van der Waals surface area contributed by atoms with Crippen molar-refractivity contribution in [1.29, 1.82) is 0 Å². The average Bonchev–Trinajstić information content (AvgIpc) is 3.19. The lowest BCUT2D eigenvalue weighted by Crippen LogP contribution is -2.33. The lowest BCUT2D eigenvalue weighted by molar-refractivity contribution is -0.117. The molecule has 1 amide bonds. The number of amides is 1. The van der Waals surface area contributed by atoms with Gasteiger partial charge in [0.1, 0.15) is 0 Å². The molecule has 31 heavy (non-hydrogen) atoms. The third kappa shape index (κ3) is 4.94. The highest BCUT2D eigenvalue weighted by Gasteiger charge is 2.21. The molecule has 1 aliphatic heterocycles. The normalized spacial score (nSPS) is 14.4. The van der Waals surface area contributed by atoms with Gasteiger partial charge in [-0.25, -0.2) is 0 Å². The van der Waals surface area contributed by atoms with Crippen LogP contribution in [0.2, 0.25) is 0 Å². The van der Waals surface area contributed by atoms with Crippen molar-refractivity contribution in [2.24, 2.45) is 0 Å². The number of thiocarbonyl (C=S) groups is 1. The summed E-state index contributed by atoms with van der Waals surface area (Å²) in [5.74, 6) is 0.192. The Hall–Kier alpha value is -3.18. The Balaban J connectivity index is 1.50. The van der Waals surface area contributed by atoms with Crippen LogP contribution < -0.4 is 15.5 Å². The number of nitrogens with zero attached hydrogens (tertiary/aromatic N) is 1. The number of nitrogens with one attached hydrogen (secondary N) is 2. The first kappa shape index (κ1) is 21.1. The van der Waals surface area contributed by atoms with E-state index in [1.807, 2.05) is 47.4 Å². The highest BCUT2D eigenvalue weighted by atomic mass is 32.1. The summed E-state index contributed by atoms with van der Waals surface area (Å²) in [5, 5.41) is 7.33. The molecule has 0 bridgehead atoms. The van der Waals surface area contributed by atoms with Crippen molar-refractivity contribution in [3.63, 3.8) is 0 Å². The van der Waals surface area contributed by atoms with Crippen molar-refractivity contribution in [3.05, 3.63) is 95.1 Å². The first-order valence-corrected chi connectivity index (χ1v) is 11.0.